The summed E-state index contributed by atoms with van der Waals surface area (Å²) >= 11 is 3.62. The van der Waals surface area contributed by atoms with Gasteiger partial charge in [0.2, 0.25) is 0 Å². The molecule has 0 aliphatic rings. The SMILES string of the molecule is CC(C)CC(C)N(C)C(CN)c1ccccc1Br. The first-order valence-electron chi connectivity index (χ1n) is 6.63. The van der Waals surface area contributed by atoms with Crippen LogP contribution in [0.2, 0.25) is 0 Å². The van der Waals surface area contributed by atoms with E-state index in [2.05, 4.69) is 66.8 Å². The number of nitrogens with two attached hydrogens (primary N) is 1. The molecule has 2 unspecified atom stereocenters. The second-order valence-electron chi connectivity index (χ2n) is 5.42. The van der Waals surface area contributed by atoms with Crippen molar-refractivity contribution in [3.05, 3.63) is 34.3 Å². The lowest BCUT2D eigenvalue weighted by molar-refractivity contribution is 0.168. The quantitative estimate of drug-likeness (QED) is 0.865. The number of benzene rings is 1. The van der Waals surface area contributed by atoms with Crippen LogP contribution in [0.15, 0.2) is 28.7 Å². The van der Waals surface area contributed by atoms with Crippen molar-refractivity contribution < 1.29 is 0 Å². The monoisotopic (exact) mass is 312 g/mol. The normalized spacial score (nSPS) is 15.1. The summed E-state index contributed by atoms with van der Waals surface area (Å²) in [4.78, 5) is 2.39. The molecule has 1 aromatic carbocycles. The van der Waals surface area contributed by atoms with E-state index >= 15 is 0 Å². The molecule has 0 radical (unpaired) electrons. The lowest BCUT2D eigenvalue weighted by Crippen LogP contribution is -2.37. The Hall–Kier alpha value is -0.380. The molecule has 0 heterocycles. The zero-order valence-electron chi connectivity index (χ0n) is 11.9. The molecule has 0 aliphatic carbocycles. The lowest BCUT2D eigenvalue weighted by Gasteiger charge is -2.34. The van der Waals surface area contributed by atoms with E-state index in [1.807, 2.05) is 6.07 Å². The maximum atomic E-state index is 5.98. The van der Waals surface area contributed by atoms with Crippen molar-refractivity contribution in [1.29, 1.82) is 0 Å². The Kier molecular flexibility index (Phi) is 6.33. The molecule has 2 atom stereocenters. The zero-order valence-corrected chi connectivity index (χ0v) is 13.4. The summed E-state index contributed by atoms with van der Waals surface area (Å²) in [7, 11) is 2.17. The van der Waals surface area contributed by atoms with Crippen LogP contribution < -0.4 is 5.73 Å². The van der Waals surface area contributed by atoms with Crippen molar-refractivity contribution in [1.82, 2.24) is 4.90 Å². The minimum absolute atomic E-state index is 0.273. The van der Waals surface area contributed by atoms with Gasteiger partial charge in [-0.25, -0.2) is 0 Å². The highest BCUT2D eigenvalue weighted by molar-refractivity contribution is 9.10. The summed E-state index contributed by atoms with van der Waals surface area (Å²) in [5.74, 6) is 0.708. The molecule has 0 bridgehead atoms. The fourth-order valence-corrected chi connectivity index (χ4v) is 2.96. The van der Waals surface area contributed by atoms with Gasteiger partial charge in [-0.2, -0.15) is 0 Å². The molecule has 0 aromatic heterocycles. The Morgan fingerprint density at radius 1 is 1.22 bits per heavy atom. The fourth-order valence-electron chi connectivity index (χ4n) is 2.41. The van der Waals surface area contributed by atoms with Gasteiger partial charge in [0.05, 0.1) is 0 Å². The van der Waals surface area contributed by atoms with Crippen molar-refractivity contribution >= 4 is 15.9 Å². The van der Waals surface area contributed by atoms with Gasteiger partial charge < -0.3 is 5.73 Å². The van der Waals surface area contributed by atoms with E-state index in [0.717, 1.165) is 4.47 Å². The van der Waals surface area contributed by atoms with Crippen molar-refractivity contribution in [3.63, 3.8) is 0 Å². The Morgan fingerprint density at radius 3 is 2.33 bits per heavy atom. The number of rotatable bonds is 6. The molecule has 0 saturated carbocycles. The molecule has 1 aromatic rings. The molecule has 2 nitrogen and oxygen atoms in total. The van der Waals surface area contributed by atoms with E-state index in [1.165, 1.54) is 12.0 Å². The molecule has 0 spiro atoms. The Balaban J connectivity index is 2.86. The largest absolute Gasteiger partial charge is 0.329 e. The molecule has 0 fully saturated rings. The van der Waals surface area contributed by atoms with Crippen LogP contribution in [-0.2, 0) is 0 Å². The summed E-state index contributed by atoms with van der Waals surface area (Å²) in [5.41, 5.74) is 7.26. The van der Waals surface area contributed by atoms with Crippen LogP contribution in [0.5, 0.6) is 0 Å². The molecule has 102 valence electrons. The minimum Gasteiger partial charge on any atom is -0.329 e. The van der Waals surface area contributed by atoms with Gasteiger partial charge in [0.25, 0.3) is 0 Å². The highest BCUT2D eigenvalue weighted by Gasteiger charge is 2.22. The molecular weight excluding hydrogens is 288 g/mol. The van der Waals surface area contributed by atoms with Crippen LogP contribution in [0.4, 0.5) is 0 Å². The second kappa shape index (κ2) is 7.27. The first-order chi connectivity index (χ1) is 8.47. The van der Waals surface area contributed by atoms with Gasteiger partial charge in [0.15, 0.2) is 0 Å². The molecule has 18 heavy (non-hydrogen) atoms. The van der Waals surface area contributed by atoms with Gasteiger partial charge in [0, 0.05) is 23.1 Å². The zero-order chi connectivity index (χ0) is 13.7. The third-order valence-corrected chi connectivity index (χ3v) is 4.21. The van der Waals surface area contributed by atoms with E-state index in [1.54, 1.807) is 0 Å². The number of halogens is 1. The number of likely N-dealkylation sites (N-methyl/N-ethyl adjacent to an activating group) is 1. The maximum absolute atomic E-state index is 5.98. The molecular formula is C15H25BrN2. The van der Waals surface area contributed by atoms with Crippen molar-refractivity contribution in [2.24, 2.45) is 11.7 Å². The van der Waals surface area contributed by atoms with Gasteiger partial charge in [-0.15, -0.1) is 0 Å². The van der Waals surface area contributed by atoms with Gasteiger partial charge in [-0.05, 0) is 37.9 Å². The minimum atomic E-state index is 0.273. The standard InChI is InChI=1S/C15H25BrN2/c1-11(2)9-12(3)18(4)15(10-17)13-7-5-6-8-14(13)16/h5-8,11-12,15H,9-10,17H2,1-4H3. The molecule has 2 N–H and O–H groups in total. The molecule has 0 amide bonds. The van der Waals surface area contributed by atoms with Crippen molar-refractivity contribution in [3.8, 4) is 0 Å². The van der Waals surface area contributed by atoms with E-state index in [4.69, 9.17) is 5.73 Å². The molecule has 3 heteroatoms. The predicted octanol–water partition coefficient (Wildman–Crippen LogP) is 3.82. The Labute approximate surface area is 120 Å². The van der Waals surface area contributed by atoms with Crippen LogP contribution in [0.3, 0.4) is 0 Å². The highest BCUT2D eigenvalue weighted by Crippen LogP contribution is 2.28. The predicted molar refractivity (Wildman–Crippen MR) is 82.6 cm³/mol. The number of nitrogens with zero attached hydrogens (tertiary/aromatic N) is 1. The van der Waals surface area contributed by atoms with Crippen LogP contribution in [-0.4, -0.2) is 24.5 Å². The average Bonchev–Trinajstić information content (AvgIpc) is 2.31. The maximum Gasteiger partial charge on any atom is 0.0481 e. The molecule has 0 saturated heterocycles. The Bertz CT molecular complexity index is 365. The number of hydrogen-bond acceptors (Lipinski definition) is 2. The van der Waals surface area contributed by atoms with E-state index in [-0.39, 0.29) is 6.04 Å². The lowest BCUT2D eigenvalue weighted by atomic mass is 9.99. The number of hydrogen-bond donors (Lipinski definition) is 1. The summed E-state index contributed by atoms with van der Waals surface area (Å²) in [6.45, 7) is 7.45. The van der Waals surface area contributed by atoms with Gasteiger partial charge >= 0.3 is 0 Å². The molecule has 0 aliphatic heterocycles. The van der Waals surface area contributed by atoms with Crippen LogP contribution in [0, 0.1) is 5.92 Å². The van der Waals surface area contributed by atoms with Crippen LogP contribution in [0.1, 0.15) is 38.8 Å². The van der Waals surface area contributed by atoms with Crippen molar-refractivity contribution in [2.45, 2.75) is 39.3 Å². The van der Waals surface area contributed by atoms with E-state index < -0.39 is 0 Å². The van der Waals surface area contributed by atoms with E-state index in [0.29, 0.717) is 18.5 Å². The van der Waals surface area contributed by atoms with Gasteiger partial charge in [-0.1, -0.05) is 48.0 Å². The third-order valence-electron chi connectivity index (χ3n) is 3.49. The molecule has 1 rings (SSSR count). The third kappa shape index (κ3) is 4.08. The van der Waals surface area contributed by atoms with Crippen LogP contribution in [0.25, 0.3) is 0 Å². The fraction of sp³-hybridized carbons (Fsp3) is 0.600. The van der Waals surface area contributed by atoms with Gasteiger partial charge in [0.1, 0.15) is 0 Å². The summed E-state index contributed by atoms with van der Waals surface area (Å²) in [5, 5.41) is 0. The van der Waals surface area contributed by atoms with E-state index in [9.17, 15) is 0 Å². The van der Waals surface area contributed by atoms with Gasteiger partial charge in [-0.3, -0.25) is 4.90 Å². The first kappa shape index (κ1) is 15.7. The summed E-state index contributed by atoms with van der Waals surface area (Å²) < 4.78 is 1.14. The summed E-state index contributed by atoms with van der Waals surface area (Å²) in [6, 6.07) is 9.15. The Morgan fingerprint density at radius 2 is 1.83 bits per heavy atom. The topological polar surface area (TPSA) is 29.3 Å². The van der Waals surface area contributed by atoms with Crippen molar-refractivity contribution in [2.75, 3.05) is 13.6 Å². The summed E-state index contributed by atoms with van der Waals surface area (Å²) in [6.07, 6.45) is 1.19. The first-order valence-corrected chi connectivity index (χ1v) is 7.43. The second-order valence-corrected chi connectivity index (χ2v) is 6.27. The average molecular weight is 313 g/mol. The highest BCUT2D eigenvalue weighted by atomic mass is 79.9. The smallest absolute Gasteiger partial charge is 0.0481 e. The van der Waals surface area contributed by atoms with Crippen LogP contribution >= 0.6 is 15.9 Å².